The number of aliphatic hydroxyl groups is 1. The van der Waals surface area contributed by atoms with Crippen molar-refractivity contribution in [1.29, 1.82) is 0 Å². The number of phosphoric ester groups is 2. The summed E-state index contributed by atoms with van der Waals surface area (Å²) in [7, 11) is -9.91. The highest BCUT2D eigenvalue weighted by Gasteiger charge is 2.30. The van der Waals surface area contributed by atoms with E-state index in [1.165, 1.54) is 218 Å². The van der Waals surface area contributed by atoms with E-state index in [2.05, 4.69) is 41.5 Å². The van der Waals surface area contributed by atoms with Gasteiger partial charge in [-0.15, -0.1) is 0 Å². The predicted octanol–water partition coefficient (Wildman–Crippen LogP) is 23.1. The van der Waals surface area contributed by atoms with Crippen molar-refractivity contribution >= 4 is 39.5 Å². The van der Waals surface area contributed by atoms with Crippen molar-refractivity contribution < 1.29 is 80.2 Å². The Bertz CT molecular complexity index is 1870. The lowest BCUT2D eigenvalue weighted by Crippen LogP contribution is -2.30. The number of rotatable bonds is 77. The largest absolute Gasteiger partial charge is 0.472 e. The van der Waals surface area contributed by atoms with Gasteiger partial charge in [-0.2, -0.15) is 0 Å². The van der Waals surface area contributed by atoms with Crippen LogP contribution in [0.3, 0.4) is 0 Å². The Morgan fingerprint density at radius 3 is 0.784 bits per heavy atom. The average Bonchev–Trinajstić information content (AvgIpc) is 1.57. The van der Waals surface area contributed by atoms with Gasteiger partial charge < -0.3 is 33.8 Å². The number of aliphatic hydroxyl groups excluding tert-OH is 1. The van der Waals surface area contributed by atoms with Crippen molar-refractivity contribution in [3.8, 4) is 0 Å². The van der Waals surface area contributed by atoms with Crippen LogP contribution < -0.4 is 0 Å². The van der Waals surface area contributed by atoms with Crippen molar-refractivity contribution in [3.05, 3.63) is 0 Å². The summed E-state index contributed by atoms with van der Waals surface area (Å²) in [6.45, 7) is 9.67. The van der Waals surface area contributed by atoms with Crippen LogP contribution in [0.5, 0.6) is 0 Å². The van der Waals surface area contributed by atoms with E-state index in [1.807, 2.05) is 0 Å². The van der Waals surface area contributed by atoms with Gasteiger partial charge in [-0.05, 0) is 37.5 Å². The minimum atomic E-state index is -4.96. The molecule has 0 aliphatic rings. The zero-order chi connectivity index (χ0) is 71.4. The maximum Gasteiger partial charge on any atom is 0.472 e. The zero-order valence-corrected chi connectivity index (χ0v) is 65.2. The molecule has 0 fully saturated rings. The number of unbranched alkanes of at least 4 members (excludes halogenated alkanes) is 46. The van der Waals surface area contributed by atoms with Crippen LogP contribution in [-0.2, 0) is 65.4 Å². The molecule has 17 nitrogen and oxygen atoms in total. The molecule has 0 aromatic rings. The molecule has 0 saturated heterocycles. The van der Waals surface area contributed by atoms with Crippen LogP contribution in [0.2, 0.25) is 0 Å². The van der Waals surface area contributed by atoms with Gasteiger partial charge in [0, 0.05) is 25.7 Å². The average molecular weight is 1420 g/mol. The van der Waals surface area contributed by atoms with Crippen LogP contribution in [-0.4, -0.2) is 96.7 Å². The fraction of sp³-hybridized carbons (Fsp3) is 0.949. The quantitative estimate of drug-likeness (QED) is 0.0222. The summed E-state index contributed by atoms with van der Waals surface area (Å²) in [6, 6.07) is 0. The van der Waals surface area contributed by atoms with Gasteiger partial charge in [0.1, 0.15) is 19.3 Å². The summed E-state index contributed by atoms with van der Waals surface area (Å²) < 4.78 is 68.5. The fourth-order valence-electron chi connectivity index (χ4n) is 12.0. The molecule has 0 amide bonds. The molecule has 0 heterocycles. The molecule has 576 valence electrons. The summed E-state index contributed by atoms with van der Waals surface area (Å²) in [5.74, 6) is -0.455. The predicted molar refractivity (Wildman–Crippen MR) is 395 cm³/mol. The molecule has 0 aliphatic heterocycles. The van der Waals surface area contributed by atoms with Gasteiger partial charge in [-0.3, -0.25) is 37.3 Å². The van der Waals surface area contributed by atoms with Gasteiger partial charge in [-0.25, -0.2) is 9.13 Å². The third-order valence-electron chi connectivity index (χ3n) is 18.6. The first-order valence-electron chi connectivity index (χ1n) is 40.5. The summed E-state index contributed by atoms with van der Waals surface area (Å²) in [6.07, 6.45) is 58.2. The van der Waals surface area contributed by atoms with E-state index in [0.29, 0.717) is 25.7 Å². The van der Waals surface area contributed by atoms with Gasteiger partial charge >= 0.3 is 39.5 Å². The van der Waals surface area contributed by atoms with Crippen molar-refractivity contribution in [3.63, 3.8) is 0 Å². The Morgan fingerprint density at radius 2 is 0.526 bits per heavy atom. The maximum absolute atomic E-state index is 13.1. The third kappa shape index (κ3) is 70.9. The number of carbonyl (C=O) groups excluding carboxylic acids is 4. The Morgan fingerprint density at radius 1 is 0.299 bits per heavy atom. The van der Waals surface area contributed by atoms with Crippen molar-refractivity contribution in [1.82, 2.24) is 0 Å². The van der Waals surface area contributed by atoms with Crippen LogP contribution in [0.1, 0.15) is 408 Å². The van der Waals surface area contributed by atoms with E-state index < -0.39 is 97.5 Å². The smallest absolute Gasteiger partial charge is 0.462 e. The number of ether oxygens (including phenoxy) is 4. The number of hydrogen-bond acceptors (Lipinski definition) is 15. The maximum atomic E-state index is 13.1. The lowest BCUT2D eigenvalue weighted by atomic mass is 9.99. The third-order valence-corrected chi connectivity index (χ3v) is 20.5. The highest BCUT2D eigenvalue weighted by molar-refractivity contribution is 7.47. The zero-order valence-electron chi connectivity index (χ0n) is 63.4. The molecule has 19 heteroatoms. The molecule has 0 aliphatic carbocycles. The second-order valence-corrected chi connectivity index (χ2v) is 31.7. The van der Waals surface area contributed by atoms with Crippen LogP contribution in [0.4, 0.5) is 0 Å². The van der Waals surface area contributed by atoms with Crippen molar-refractivity contribution in [2.45, 2.75) is 426 Å². The van der Waals surface area contributed by atoms with Crippen LogP contribution in [0.15, 0.2) is 0 Å². The molecule has 6 atom stereocenters. The first kappa shape index (κ1) is 95.1. The molecule has 3 N–H and O–H groups in total. The first-order valence-corrected chi connectivity index (χ1v) is 43.5. The van der Waals surface area contributed by atoms with Gasteiger partial charge in [-0.1, -0.05) is 356 Å². The molecular formula is C78H152O17P2. The summed E-state index contributed by atoms with van der Waals surface area (Å²) in [5.41, 5.74) is 0. The number of hydrogen-bond donors (Lipinski definition) is 3. The molecule has 0 radical (unpaired) electrons. The molecule has 0 bridgehead atoms. The van der Waals surface area contributed by atoms with E-state index in [1.54, 1.807) is 0 Å². The standard InChI is InChI=1S/C78H152O17P2/c1-7-10-12-14-16-18-19-32-38-44-50-56-62-77(82)94-73(66-88-75(80)60-54-48-42-17-15-13-11-8-2)68-92-96(84,85)90-64-72(79)65-91-97(86,87)93-69-74(67-89-76(81)61-55-49-43-37-33-28-25-24-27-31-36-41-47-53-59-71(6)9-3)95-78(83)63-57-51-45-39-34-29-23-21-20-22-26-30-35-40-46-52-58-70(4)5/h70-74,79H,7-69H2,1-6H3,(H,84,85)(H,86,87)/t71?,72-,73+,74+/m0/s1. The van der Waals surface area contributed by atoms with Crippen LogP contribution in [0, 0.1) is 11.8 Å². The van der Waals surface area contributed by atoms with E-state index in [9.17, 15) is 43.2 Å². The Kier molecular flexibility index (Phi) is 68.4. The topological polar surface area (TPSA) is 237 Å². The van der Waals surface area contributed by atoms with Crippen LogP contribution >= 0.6 is 15.6 Å². The minimum Gasteiger partial charge on any atom is -0.462 e. The van der Waals surface area contributed by atoms with Crippen LogP contribution in [0.25, 0.3) is 0 Å². The monoisotopic (exact) mass is 1420 g/mol. The van der Waals surface area contributed by atoms with Gasteiger partial charge in [0.2, 0.25) is 0 Å². The van der Waals surface area contributed by atoms with Gasteiger partial charge in [0.25, 0.3) is 0 Å². The van der Waals surface area contributed by atoms with Crippen molar-refractivity contribution in [2.75, 3.05) is 39.6 Å². The Labute approximate surface area is 594 Å². The van der Waals surface area contributed by atoms with Gasteiger partial charge in [0.05, 0.1) is 26.4 Å². The summed E-state index contributed by atoms with van der Waals surface area (Å²) in [5, 5.41) is 10.6. The SMILES string of the molecule is CCCCCCCCCCCCCCC(=O)O[C@H](COC(=O)CCCCCCCCCC)COP(=O)(O)OC[C@H](O)COP(=O)(O)OC[C@@H](COC(=O)CCCCCCCCCCCCCCCCC(C)CC)OC(=O)CCCCCCCCCCCCCCCCCCC(C)C. The summed E-state index contributed by atoms with van der Waals surface area (Å²) in [4.78, 5) is 72.8. The summed E-state index contributed by atoms with van der Waals surface area (Å²) >= 11 is 0. The Balaban J connectivity index is 5.20. The van der Waals surface area contributed by atoms with E-state index in [0.717, 1.165) is 108 Å². The molecule has 3 unspecified atom stereocenters. The van der Waals surface area contributed by atoms with E-state index in [-0.39, 0.29) is 25.7 Å². The minimum absolute atomic E-state index is 0.107. The number of esters is 4. The molecule has 0 rings (SSSR count). The normalized spacial score (nSPS) is 14.2. The van der Waals surface area contributed by atoms with E-state index >= 15 is 0 Å². The molecule has 0 aromatic carbocycles. The number of carbonyl (C=O) groups is 4. The molecule has 97 heavy (non-hydrogen) atoms. The second-order valence-electron chi connectivity index (χ2n) is 28.8. The molecular weight excluding hydrogens is 1270 g/mol. The van der Waals surface area contributed by atoms with Crippen molar-refractivity contribution in [2.24, 2.45) is 11.8 Å². The highest BCUT2D eigenvalue weighted by Crippen LogP contribution is 2.45. The lowest BCUT2D eigenvalue weighted by molar-refractivity contribution is -0.161. The lowest BCUT2D eigenvalue weighted by Gasteiger charge is -2.21. The van der Waals surface area contributed by atoms with Gasteiger partial charge in [0.15, 0.2) is 12.2 Å². The molecule has 0 spiro atoms. The molecule has 0 saturated carbocycles. The van der Waals surface area contributed by atoms with E-state index in [4.69, 9.17) is 37.0 Å². The highest BCUT2D eigenvalue weighted by atomic mass is 31.2. The fourth-order valence-corrected chi connectivity index (χ4v) is 13.6. The first-order chi connectivity index (χ1) is 46.9. The Hall–Kier alpha value is -1.94. The molecule has 0 aromatic heterocycles. The second kappa shape index (κ2) is 69.8. The number of phosphoric acid groups is 2.